The highest BCUT2D eigenvalue weighted by Gasteiger charge is 2.27. The highest BCUT2D eigenvalue weighted by molar-refractivity contribution is 7.15. The Morgan fingerprint density at radius 2 is 1.93 bits per heavy atom. The van der Waals surface area contributed by atoms with Gasteiger partial charge >= 0.3 is 0 Å². The molecular formula is C18H18FN5O2S. The van der Waals surface area contributed by atoms with E-state index in [0.29, 0.717) is 30.9 Å². The summed E-state index contributed by atoms with van der Waals surface area (Å²) in [5.74, 6) is -0.284. The number of nitrogens with one attached hydrogen (secondary N) is 1. The van der Waals surface area contributed by atoms with Crippen molar-refractivity contribution in [2.75, 3.05) is 18.4 Å². The maximum Gasteiger partial charge on any atom is 0.250 e. The molecule has 0 radical (unpaired) electrons. The fraction of sp³-hybridized carbons (Fsp3) is 0.333. The summed E-state index contributed by atoms with van der Waals surface area (Å²) in [6.07, 6.45) is 1.27. The lowest BCUT2D eigenvalue weighted by molar-refractivity contribution is -0.132. The van der Waals surface area contributed by atoms with Gasteiger partial charge in [0.05, 0.1) is 5.69 Å². The lowest BCUT2D eigenvalue weighted by Crippen LogP contribution is -2.40. The topological polar surface area (TPSA) is 79.6 Å². The van der Waals surface area contributed by atoms with Crippen LogP contribution in [0.25, 0.3) is 16.2 Å². The maximum absolute atomic E-state index is 13.1. The number of benzene rings is 1. The highest BCUT2D eigenvalue weighted by atomic mass is 32.1. The Morgan fingerprint density at radius 3 is 2.59 bits per heavy atom. The van der Waals surface area contributed by atoms with Gasteiger partial charge in [0.2, 0.25) is 22.7 Å². The molecule has 1 aliphatic heterocycles. The number of likely N-dealkylation sites (tertiary alicyclic amines) is 1. The molecule has 9 heteroatoms. The third-order valence-corrected chi connectivity index (χ3v) is 5.58. The quantitative estimate of drug-likeness (QED) is 0.749. The summed E-state index contributed by atoms with van der Waals surface area (Å²) in [5, 5.41) is 9.05. The number of aromatic nitrogens is 3. The number of hydrogen-bond donors (Lipinski definition) is 1. The van der Waals surface area contributed by atoms with Crippen molar-refractivity contribution in [3.8, 4) is 11.3 Å². The predicted octanol–water partition coefficient (Wildman–Crippen LogP) is 2.79. The smallest absolute Gasteiger partial charge is 0.250 e. The average Bonchev–Trinajstić information content (AvgIpc) is 3.22. The molecule has 3 aromatic rings. The lowest BCUT2D eigenvalue weighted by Gasteiger charge is -2.30. The summed E-state index contributed by atoms with van der Waals surface area (Å²) in [4.78, 5) is 30.6. The number of carbonyl (C=O) groups excluding carboxylic acids is 2. The van der Waals surface area contributed by atoms with Gasteiger partial charge in [0, 0.05) is 36.9 Å². The van der Waals surface area contributed by atoms with E-state index in [2.05, 4.69) is 15.4 Å². The summed E-state index contributed by atoms with van der Waals surface area (Å²) in [7, 11) is 0. The number of nitrogens with zero attached hydrogens (tertiary/aromatic N) is 4. The van der Waals surface area contributed by atoms with Gasteiger partial charge in [-0.1, -0.05) is 0 Å². The van der Waals surface area contributed by atoms with Crippen LogP contribution < -0.4 is 5.32 Å². The minimum absolute atomic E-state index is 0.0400. The highest BCUT2D eigenvalue weighted by Crippen LogP contribution is 2.26. The molecule has 4 rings (SSSR count). The lowest BCUT2D eigenvalue weighted by atomic mass is 9.96. The van der Waals surface area contributed by atoms with Gasteiger partial charge in [-0.3, -0.25) is 14.9 Å². The Labute approximate surface area is 158 Å². The Kier molecular flexibility index (Phi) is 4.61. The molecule has 2 amide bonds. The number of rotatable bonds is 3. The molecule has 3 heterocycles. The summed E-state index contributed by atoms with van der Waals surface area (Å²) < 4.78 is 14.8. The van der Waals surface area contributed by atoms with E-state index in [0.717, 1.165) is 11.3 Å². The van der Waals surface area contributed by atoms with Gasteiger partial charge in [0.15, 0.2) is 0 Å². The molecule has 0 saturated carbocycles. The Bertz CT molecular complexity index is 989. The van der Waals surface area contributed by atoms with Crippen LogP contribution in [0.15, 0.2) is 29.6 Å². The van der Waals surface area contributed by atoms with E-state index in [1.807, 2.05) is 5.38 Å². The van der Waals surface area contributed by atoms with Crippen molar-refractivity contribution in [1.29, 1.82) is 0 Å². The van der Waals surface area contributed by atoms with Crippen molar-refractivity contribution < 1.29 is 14.0 Å². The third-order valence-electron chi connectivity index (χ3n) is 4.77. The van der Waals surface area contributed by atoms with E-state index in [4.69, 9.17) is 0 Å². The maximum atomic E-state index is 13.1. The normalized spacial score (nSPS) is 15.3. The SMILES string of the molecule is CC(=O)N1CCC(C(=O)Nc2nc3scc(-c4ccc(F)cc4)n3n2)CC1. The number of carbonyl (C=O) groups is 2. The van der Waals surface area contributed by atoms with E-state index < -0.39 is 0 Å². The predicted molar refractivity (Wildman–Crippen MR) is 99.9 cm³/mol. The van der Waals surface area contributed by atoms with Crippen LogP contribution >= 0.6 is 11.3 Å². The average molecular weight is 387 g/mol. The van der Waals surface area contributed by atoms with Crippen LogP contribution in [0.3, 0.4) is 0 Å². The molecule has 2 aromatic heterocycles. The monoisotopic (exact) mass is 387 g/mol. The molecule has 0 spiro atoms. The van der Waals surface area contributed by atoms with E-state index in [1.54, 1.807) is 28.5 Å². The molecule has 1 fully saturated rings. The molecule has 0 atom stereocenters. The first-order chi connectivity index (χ1) is 13.0. The largest absolute Gasteiger partial charge is 0.343 e. The number of anilines is 1. The van der Waals surface area contributed by atoms with Crippen molar-refractivity contribution in [3.05, 3.63) is 35.5 Å². The van der Waals surface area contributed by atoms with E-state index in [9.17, 15) is 14.0 Å². The van der Waals surface area contributed by atoms with E-state index >= 15 is 0 Å². The van der Waals surface area contributed by atoms with Crippen molar-refractivity contribution in [1.82, 2.24) is 19.5 Å². The van der Waals surface area contributed by atoms with Crippen molar-refractivity contribution >= 4 is 34.1 Å². The molecule has 1 aliphatic rings. The standard InChI is InChI=1S/C18H18FN5O2S/c1-11(25)23-8-6-13(7-9-23)16(26)20-17-21-18-24(22-17)15(10-27-18)12-2-4-14(19)5-3-12/h2-5,10,13H,6-9H2,1H3,(H,20,22,26). The number of amides is 2. The second kappa shape index (κ2) is 7.07. The minimum Gasteiger partial charge on any atom is -0.343 e. The Morgan fingerprint density at radius 1 is 1.22 bits per heavy atom. The van der Waals surface area contributed by atoms with Gasteiger partial charge < -0.3 is 4.90 Å². The zero-order valence-corrected chi connectivity index (χ0v) is 15.5. The number of halogens is 1. The van der Waals surface area contributed by atoms with Gasteiger partial charge in [-0.2, -0.15) is 4.98 Å². The van der Waals surface area contributed by atoms with Crippen LogP contribution in [0.1, 0.15) is 19.8 Å². The summed E-state index contributed by atoms with van der Waals surface area (Å²) in [6.45, 7) is 2.72. The molecule has 0 unspecified atom stereocenters. The van der Waals surface area contributed by atoms with Gasteiger partial charge in [-0.25, -0.2) is 8.91 Å². The molecular weight excluding hydrogens is 369 g/mol. The van der Waals surface area contributed by atoms with Crippen molar-refractivity contribution in [2.24, 2.45) is 5.92 Å². The Hall–Kier alpha value is -2.81. The van der Waals surface area contributed by atoms with Crippen molar-refractivity contribution in [2.45, 2.75) is 19.8 Å². The van der Waals surface area contributed by atoms with Crippen LogP contribution in [-0.2, 0) is 9.59 Å². The first kappa shape index (κ1) is 17.6. The Balaban J connectivity index is 1.48. The second-order valence-corrected chi connectivity index (χ2v) is 7.36. The first-order valence-electron chi connectivity index (χ1n) is 8.68. The van der Waals surface area contributed by atoms with Crippen LogP contribution in [0.2, 0.25) is 0 Å². The van der Waals surface area contributed by atoms with Crippen LogP contribution in [-0.4, -0.2) is 44.4 Å². The zero-order chi connectivity index (χ0) is 19.0. The minimum atomic E-state index is -0.299. The second-order valence-electron chi connectivity index (χ2n) is 6.53. The number of piperidine rings is 1. The van der Waals surface area contributed by atoms with Gasteiger partial charge in [-0.05, 0) is 37.1 Å². The fourth-order valence-corrected chi connectivity index (χ4v) is 4.05. The zero-order valence-electron chi connectivity index (χ0n) is 14.7. The summed E-state index contributed by atoms with van der Waals surface area (Å²) >= 11 is 1.40. The van der Waals surface area contributed by atoms with Gasteiger partial charge in [-0.15, -0.1) is 16.4 Å². The van der Waals surface area contributed by atoms with Crippen LogP contribution in [0.5, 0.6) is 0 Å². The first-order valence-corrected chi connectivity index (χ1v) is 9.56. The molecule has 27 heavy (non-hydrogen) atoms. The number of thiazole rings is 1. The van der Waals surface area contributed by atoms with E-state index in [-0.39, 0.29) is 29.5 Å². The van der Waals surface area contributed by atoms with Crippen LogP contribution in [0.4, 0.5) is 10.3 Å². The fourth-order valence-electron chi connectivity index (χ4n) is 3.22. The molecule has 0 aliphatic carbocycles. The van der Waals surface area contributed by atoms with E-state index in [1.165, 1.54) is 23.5 Å². The summed E-state index contributed by atoms with van der Waals surface area (Å²) in [5.41, 5.74) is 1.61. The molecule has 1 aromatic carbocycles. The van der Waals surface area contributed by atoms with Crippen molar-refractivity contribution in [3.63, 3.8) is 0 Å². The third kappa shape index (κ3) is 3.55. The molecule has 140 valence electrons. The van der Waals surface area contributed by atoms with Gasteiger partial charge in [0.1, 0.15) is 5.82 Å². The molecule has 1 N–H and O–H groups in total. The molecule has 1 saturated heterocycles. The van der Waals surface area contributed by atoms with Crippen LogP contribution in [0, 0.1) is 11.7 Å². The summed E-state index contributed by atoms with van der Waals surface area (Å²) in [6, 6.07) is 6.15. The number of hydrogen-bond acceptors (Lipinski definition) is 5. The molecule has 7 nitrogen and oxygen atoms in total. The molecule has 0 bridgehead atoms. The van der Waals surface area contributed by atoms with Gasteiger partial charge in [0.25, 0.3) is 0 Å². The number of fused-ring (bicyclic) bond motifs is 1.